The summed E-state index contributed by atoms with van der Waals surface area (Å²) in [6.07, 6.45) is 3.40. The molecular formula is C16H17N5. The van der Waals surface area contributed by atoms with Crippen molar-refractivity contribution >= 4 is 6.08 Å². The average molecular weight is 279 g/mol. The fraction of sp³-hybridized carbons (Fsp3) is 0.312. The van der Waals surface area contributed by atoms with Gasteiger partial charge >= 0.3 is 0 Å². The van der Waals surface area contributed by atoms with Crippen molar-refractivity contribution in [1.82, 2.24) is 14.3 Å². The van der Waals surface area contributed by atoms with Gasteiger partial charge in [-0.05, 0) is 45.4 Å². The van der Waals surface area contributed by atoms with E-state index in [0.29, 0.717) is 0 Å². The predicted molar refractivity (Wildman–Crippen MR) is 80.6 cm³/mol. The maximum atomic E-state index is 8.89. The zero-order valence-corrected chi connectivity index (χ0v) is 12.6. The van der Waals surface area contributed by atoms with Crippen LogP contribution in [-0.4, -0.2) is 14.3 Å². The van der Waals surface area contributed by atoms with Crippen LogP contribution in [0.1, 0.15) is 36.8 Å². The molecule has 2 heterocycles. The number of rotatable bonds is 3. The van der Waals surface area contributed by atoms with E-state index in [0.717, 1.165) is 22.8 Å². The highest BCUT2D eigenvalue weighted by atomic mass is 15.3. The molecule has 0 radical (unpaired) electrons. The van der Waals surface area contributed by atoms with E-state index in [4.69, 9.17) is 10.5 Å². The second-order valence-electron chi connectivity index (χ2n) is 5.17. The van der Waals surface area contributed by atoms with E-state index in [-0.39, 0.29) is 11.6 Å². The van der Waals surface area contributed by atoms with E-state index in [1.54, 1.807) is 12.3 Å². The first-order chi connectivity index (χ1) is 9.99. The summed E-state index contributed by atoms with van der Waals surface area (Å²) in [6.45, 7) is 8.13. The molecule has 0 amide bonds. The highest BCUT2D eigenvalue weighted by molar-refractivity contribution is 5.65. The van der Waals surface area contributed by atoms with Gasteiger partial charge in [-0.3, -0.25) is 0 Å². The van der Waals surface area contributed by atoms with Crippen molar-refractivity contribution in [2.75, 3.05) is 0 Å². The molecule has 0 unspecified atom stereocenters. The maximum absolute atomic E-state index is 8.89. The molecule has 0 aromatic carbocycles. The van der Waals surface area contributed by atoms with Crippen molar-refractivity contribution in [1.29, 1.82) is 10.5 Å². The Hall–Kier alpha value is -2.79. The number of aromatic nitrogens is 3. The van der Waals surface area contributed by atoms with Gasteiger partial charge < -0.3 is 4.57 Å². The number of hydrogen-bond acceptors (Lipinski definition) is 3. The van der Waals surface area contributed by atoms with Crippen LogP contribution < -0.4 is 0 Å². The first kappa shape index (κ1) is 14.6. The van der Waals surface area contributed by atoms with Crippen molar-refractivity contribution in [3.63, 3.8) is 0 Å². The van der Waals surface area contributed by atoms with Gasteiger partial charge in [-0.1, -0.05) is 0 Å². The van der Waals surface area contributed by atoms with Gasteiger partial charge in [-0.2, -0.15) is 15.6 Å². The molecule has 2 rings (SSSR count). The standard InChI is InChI=1S/C16H17N5/c1-11(2)21-16(5-6-19-21)20-12(3)7-15(13(20)4)8-14(9-17)10-18/h5-8,11H,1-4H3. The Morgan fingerprint density at radius 1 is 1.29 bits per heavy atom. The zero-order valence-electron chi connectivity index (χ0n) is 12.6. The van der Waals surface area contributed by atoms with Gasteiger partial charge in [0.05, 0.1) is 6.20 Å². The molecule has 0 aliphatic carbocycles. The van der Waals surface area contributed by atoms with Crippen molar-refractivity contribution in [3.8, 4) is 18.0 Å². The largest absolute Gasteiger partial charge is 0.303 e. The van der Waals surface area contributed by atoms with E-state index >= 15 is 0 Å². The Balaban J connectivity index is 2.61. The van der Waals surface area contributed by atoms with Crippen LogP contribution in [-0.2, 0) is 0 Å². The van der Waals surface area contributed by atoms with Crippen LogP contribution in [0, 0.1) is 36.5 Å². The van der Waals surface area contributed by atoms with E-state index in [1.165, 1.54) is 0 Å². The van der Waals surface area contributed by atoms with Crippen molar-refractivity contribution in [2.45, 2.75) is 33.7 Å². The first-order valence-corrected chi connectivity index (χ1v) is 6.74. The maximum Gasteiger partial charge on any atom is 0.135 e. The Morgan fingerprint density at radius 2 is 1.95 bits per heavy atom. The molecule has 0 bridgehead atoms. The van der Waals surface area contributed by atoms with Crippen molar-refractivity contribution in [3.05, 3.63) is 40.9 Å². The van der Waals surface area contributed by atoms with Crippen molar-refractivity contribution < 1.29 is 0 Å². The Morgan fingerprint density at radius 3 is 2.52 bits per heavy atom. The lowest BCUT2D eigenvalue weighted by atomic mass is 10.2. The van der Waals surface area contributed by atoms with Gasteiger partial charge in [0.25, 0.3) is 0 Å². The van der Waals surface area contributed by atoms with Gasteiger partial charge in [0.15, 0.2) is 0 Å². The summed E-state index contributed by atoms with van der Waals surface area (Å²) in [6, 6.07) is 7.98. The second kappa shape index (κ2) is 5.68. The number of hydrogen-bond donors (Lipinski definition) is 0. The molecule has 2 aromatic heterocycles. The second-order valence-corrected chi connectivity index (χ2v) is 5.17. The third kappa shape index (κ3) is 2.59. The highest BCUT2D eigenvalue weighted by Gasteiger charge is 2.14. The lowest BCUT2D eigenvalue weighted by Gasteiger charge is -2.15. The number of allylic oxidation sites excluding steroid dienone is 1. The fourth-order valence-electron chi connectivity index (χ4n) is 2.41. The molecule has 0 aliphatic heterocycles. The quantitative estimate of drug-likeness (QED) is 0.809. The van der Waals surface area contributed by atoms with Crippen LogP contribution in [0.4, 0.5) is 0 Å². The third-order valence-corrected chi connectivity index (χ3v) is 3.38. The Kier molecular flexibility index (Phi) is 3.95. The minimum atomic E-state index is 0.104. The van der Waals surface area contributed by atoms with Crippen LogP contribution in [0.25, 0.3) is 11.9 Å². The molecule has 0 spiro atoms. The third-order valence-electron chi connectivity index (χ3n) is 3.38. The lowest BCUT2D eigenvalue weighted by Crippen LogP contribution is -2.11. The SMILES string of the molecule is Cc1cc(C=C(C#N)C#N)c(C)n1-c1ccnn1C(C)C. The molecule has 5 nitrogen and oxygen atoms in total. The van der Waals surface area contributed by atoms with E-state index in [9.17, 15) is 0 Å². The van der Waals surface area contributed by atoms with E-state index in [1.807, 2.05) is 42.8 Å². The van der Waals surface area contributed by atoms with Crippen LogP contribution in [0.3, 0.4) is 0 Å². The molecule has 106 valence electrons. The van der Waals surface area contributed by atoms with Crippen LogP contribution in [0.5, 0.6) is 0 Å². The number of nitrogens with zero attached hydrogens (tertiary/aromatic N) is 5. The summed E-state index contributed by atoms with van der Waals surface area (Å²) in [5.41, 5.74) is 3.00. The van der Waals surface area contributed by atoms with E-state index < -0.39 is 0 Å². The summed E-state index contributed by atoms with van der Waals surface area (Å²) >= 11 is 0. The summed E-state index contributed by atoms with van der Waals surface area (Å²) in [5.74, 6) is 0.982. The van der Waals surface area contributed by atoms with Gasteiger partial charge in [-0.15, -0.1) is 0 Å². The fourth-order valence-corrected chi connectivity index (χ4v) is 2.41. The average Bonchev–Trinajstić information content (AvgIpc) is 3.01. The molecule has 21 heavy (non-hydrogen) atoms. The molecule has 0 aliphatic rings. The Bertz CT molecular complexity index is 759. The topological polar surface area (TPSA) is 70.3 Å². The smallest absolute Gasteiger partial charge is 0.135 e. The van der Waals surface area contributed by atoms with Gasteiger partial charge in [-0.25, -0.2) is 4.68 Å². The number of nitriles is 2. The van der Waals surface area contributed by atoms with Gasteiger partial charge in [0.1, 0.15) is 23.5 Å². The molecule has 0 saturated carbocycles. The minimum Gasteiger partial charge on any atom is -0.303 e. The first-order valence-electron chi connectivity index (χ1n) is 6.74. The number of aryl methyl sites for hydroxylation is 1. The summed E-state index contributed by atoms with van der Waals surface area (Å²) in [7, 11) is 0. The molecule has 2 aromatic rings. The monoisotopic (exact) mass is 279 g/mol. The predicted octanol–water partition coefficient (Wildman–Crippen LogP) is 3.30. The van der Waals surface area contributed by atoms with Crippen molar-refractivity contribution in [2.24, 2.45) is 0 Å². The normalized spacial score (nSPS) is 10.2. The molecule has 0 fully saturated rings. The Labute approximate surface area is 124 Å². The zero-order chi connectivity index (χ0) is 15.6. The molecular weight excluding hydrogens is 262 g/mol. The molecule has 0 atom stereocenters. The molecule has 5 heteroatoms. The minimum absolute atomic E-state index is 0.104. The summed E-state index contributed by atoms with van der Waals surface area (Å²) in [4.78, 5) is 0. The van der Waals surface area contributed by atoms with Crippen LogP contribution in [0.15, 0.2) is 23.9 Å². The summed E-state index contributed by atoms with van der Waals surface area (Å²) in [5, 5.41) is 22.1. The highest BCUT2D eigenvalue weighted by Crippen LogP contribution is 2.24. The van der Waals surface area contributed by atoms with Gasteiger partial charge in [0, 0.05) is 23.5 Å². The molecule has 0 N–H and O–H groups in total. The van der Waals surface area contributed by atoms with Gasteiger partial charge in [0.2, 0.25) is 0 Å². The van der Waals surface area contributed by atoms with Crippen LogP contribution in [0.2, 0.25) is 0 Å². The van der Waals surface area contributed by atoms with E-state index in [2.05, 4.69) is 23.5 Å². The lowest BCUT2D eigenvalue weighted by molar-refractivity contribution is 0.519. The summed E-state index contributed by atoms with van der Waals surface area (Å²) < 4.78 is 4.04. The molecule has 0 saturated heterocycles. The van der Waals surface area contributed by atoms with Crippen LogP contribution >= 0.6 is 0 Å².